The molecule has 2 nitrogen and oxygen atoms in total. The van der Waals surface area contributed by atoms with E-state index in [0.717, 1.165) is 23.2 Å². The van der Waals surface area contributed by atoms with E-state index in [-0.39, 0.29) is 0 Å². The SMILES string of the molecule is Cc1cc(Br)ccc1N1Cc2ccc(N)cc2C1. The molecule has 1 heterocycles. The van der Waals surface area contributed by atoms with Gasteiger partial charge in [-0.1, -0.05) is 22.0 Å². The summed E-state index contributed by atoms with van der Waals surface area (Å²) in [6, 6.07) is 12.6. The number of anilines is 2. The van der Waals surface area contributed by atoms with Gasteiger partial charge in [0.1, 0.15) is 0 Å². The van der Waals surface area contributed by atoms with E-state index in [1.165, 1.54) is 22.4 Å². The van der Waals surface area contributed by atoms with Crippen molar-refractivity contribution in [2.75, 3.05) is 10.6 Å². The van der Waals surface area contributed by atoms with Crippen LogP contribution in [0.1, 0.15) is 16.7 Å². The topological polar surface area (TPSA) is 29.3 Å². The van der Waals surface area contributed by atoms with Crippen LogP contribution in [0.15, 0.2) is 40.9 Å². The smallest absolute Gasteiger partial charge is 0.0437 e. The summed E-state index contributed by atoms with van der Waals surface area (Å²) >= 11 is 3.51. The Kier molecular flexibility index (Phi) is 2.78. The molecule has 2 aromatic rings. The molecule has 2 N–H and O–H groups in total. The van der Waals surface area contributed by atoms with Gasteiger partial charge in [0.2, 0.25) is 0 Å². The summed E-state index contributed by atoms with van der Waals surface area (Å²) in [5, 5.41) is 0. The van der Waals surface area contributed by atoms with Crippen molar-refractivity contribution in [3.05, 3.63) is 57.6 Å². The lowest BCUT2D eigenvalue weighted by Crippen LogP contribution is -2.15. The summed E-state index contributed by atoms with van der Waals surface area (Å²) in [4.78, 5) is 2.39. The number of hydrogen-bond donors (Lipinski definition) is 1. The van der Waals surface area contributed by atoms with Gasteiger partial charge in [0.15, 0.2) is 0 Å². The van der Waals surface area contributed by atoms with Gasteiger partial charge in [-0.15, -0.1) is 0 Å². The third-order valence-electron chi connectivity index (χ3n) is 3.45. The summed E-state index contributed by atoms with van der Waals surface area (Å²) in [5.41, 5.74) is 12.0. The Morgan fingerprint density at radius 3 is 2.61 bits per heavy atom. The summed E-state index contributed by atoms with van der Waals surface area (Å²) in [7, 11) is 0. The number of rotatable bonds is 1. The van der Waals surface area contributed by atoms with E-state index in [1.807, 2.05) is 6.07 Å². The number of halogens is 1. The number of nitrogens with two attached hydrogens (primary N) is 1. The van der Waals surface area contributed by atoms with Crippen LogP contribution in [0.25, 0.3) is 0 Å². The molecule has 0 radical (unpaired) electrons. The third kappa shape index (κ3) is 1.99. The molecule has 3 rings (SSSR count). The zero-order valence-electron chi connectivity index (χ0n) is 10.3. The normalized spacial score (nSPS) is 13.8. The molecule has 0 aliphatic carbocycles. The van der Waals surface area contributed by atoms with Gasteiger partial charge in [0, 0.05) is 28.9 Å². The van der Waals surface area contributed by atoms with E-state index < -0.39 is 0 Å². The standard InChI is InChI=1S/C15H15BrN2/c1-10-6-13(16)3-5-15(10)18-8-11-2-4-14(17)7-12(11)9-18/h2-7H,8-9,17H2,1H3. The first-order chi connectivity index (χ1) is 8.63. The number of fused-ring (bicyclic) bond motifs is 1. The van der Waals surface area contributed by atoms with Crippen LogP contribution in [0.3, 0.4) is 0 Å². The van der Waals surface area contributed by atoms with Crippen molar-refractivity contribution in [2.45, 2.75) is 20.0 Å². The summed E-state index contributed by atoms with van der Waals surface area (Å²) in [5.74, 6) is 0. The zero-order valence-corrected chi connectivity index (χ0v) is 11.9. The van der Waals surface area contributed by atoms with Gasteiger partial charge in [-0.25, -0.2) is 0 Å². The van der Waals surface area contributed by atoms with E-state index in [0.29, 0.717) is 0 Å². The Balaban J connectivity index is 1.93. The van der Waals surface area contributed by atoms with Crippen LogP contribution >= 0.6 is 15.9 Å². The lowest BCUT2D eigenvalue weighted by Gasteiger charge is -2.20. The molecule has 1 aliphatic heterocycles. The highest BCUT2D eigenvalue weighted by molar-refractivity contribution is 9.10. The van der Waals surface area contributed by atoms with Crippen molar-refractivity contribution in [3.8, 4) is 0 Å². The highest BCUT2D eigenvalue weighted by Crippen LogP contribution is 2.32. The first-order valence-electron chi connectivity index (χ1n) is 6.02. The van der Waals surface area contributed by atoms with E-state index in [4.69, 9.17) is 5.73 Å². The van der Waals surface area contributed by atoms with Crippen molar-refractivity contribution in [1.29, 1.82) is 0 Å². The van der Waals surface area contributed by atoms with Crippen molar-refractivity contribution >= 4 is 27.3 Å². The number of nitrogens with zero attached hydrogens (tertiary/aromatic N) is 1. The lowest BCUT2D eigenvalue weighted by atomic mass is 10.1. The summed E-state index contributed by atoms with van der Waals surface area (Å²) in [6.45, 7) is 4.07. The van der Waals surface area contributed by atoms with E-state index in [9.17, 15) is 0 Å². The second kappa shape index (κ2) is 4.32. The van der Waals surface area contributed by atoms with Crippen LogP contribution in [0.4, 0.5) is 11.4 Å². The van der Waals surface area contributed by atoms with E-state index in [2.05, 4.69) is 58.1 Å². The number of benzene rings is 2. The minimum Gasteiger partial charge on any atom is -0.399 e. The Bertz CT molecular complexity index is 607. The highest BCUT2D eigenvalue weighted by Gasteiger charge is 2.20. The van der Waals surface area contributed by atoms with Crippen LogP contribution in [-0.4, -0.2) is 0 Å². The predicted octanol–water partition coefficient (Wildman–Crippen LogP) is 3.86. The molecule has 0 bridgehead atoms. The largest absolute Gasteiger partial charge is 0.399 e. The first-order valence-corrected chi connectivity index (χ1v) is 6.81. The molecule has 18 heavy (non-hydrogen) atoms. The number of nitrogen functional groups attached to an aromatic ring is 1. The van der Waals surface area contributed by atoms with Crippen LogP contribution in [0, 0.1) is 6.92 Å². The van der Waals surface area contributed by atoms with Gasteiger partial charge in [0.25, 0.3) is 0 Å². The van der Waals surface area contributed by atoms with Gasteiger partial charge < -0.3 is 10.6 Å². The second-order valence-electron chi connectivity index (χ2n) is 4.82. The van der Waals surface area contributed by atoms with Crippen molar-refractivity contribution < 1.29 is 0 Å². The van der Waals surface area contributed by atoms with Crippen LogP contribution in [-0.2, 0) is 13.1 Å². The maximum atomic E-state index is 5.84. The molecular weight excluding hydrogens is 288 g/mol. The first kappa shape index (κ1) is 11.6. The Hall–Kier alpha value is -1.48. The molecule has 3 heteroatoms. The second-order valence-corrected chi connectivity index (χ2v) is 5.73. The molecular formula is C15H15BrN2. The van der Waals surface area contributed by atoms with Crippen LogP contribution in [0.2, 0.25) is 0 Å². The molecule has 0 atom stereocenters. The molecule has 0 aromatic heterocycles. The number of hydrogen-bond acceptors (Lipinski definition) is 2. The summed E-state index contributed by atoms with van der Waals surface area (Å²) in [6.07, 6.45) is 0. The summed E-state index contributed by atoms with van der Waals surface area (Å²) < 4.78 is 1.13. The third-order valence-corrected chi connectivity index (χ3v) is 3.95. The molecule has 1 aliphatic rings. The van der Waals surface area contributed by atoms with Crippen molar-refractivity contribution in [2.24, 2.45) is 0 Å². The van der Waals surface area contributed by atoms with Crippen molar-refractivity contribution in [3.63, 3.8) is 0 Å². The lowest BCUT2D eigenvalue weighted by molar-refractivity contribution is 0.875. The average molecular weight is 303 g/mol. The van der Waals surface area contributed by atoms with Gasteiger partial charge in [-0.2, -0.15) is 0 Å². The minimum absolute atomic E-state index is 0.850. The van der Waals surface area contributed by atoms with E-state index in [1.54, 1.807) is 0 Å². The molecule has 0 saturated heterocycles. The Morgan fingerprint density at radius 1 is 1.06 bits per heavy atom. The van der Waals surface area contributed by atoms with Crippen LogP contribution < -0.4 is 10.6 Å². The molecule has 0 spiro atoms. The van der Waals surface area contributed by atoms with Gasteiger partial charge in [0.05, 0.1) is 0 Å². The highest BCUT2D eigenvalue weighted by atomic mass is 79.9. The molecule has 0 saturated carbocycles. The Morgan fingerprint density at radius 2 is 1.83 bits per heavy atom. The fourth-order valence-corrected chi connectivity index (χ4v) is 3.03. The average Bonchev–Trinajstić information content (AvgIpc) is 2.71. The molecule has 0 fully saturated rings. The quantitative estimate of drug-likeness (QED) is 0.811. The molecule has 92 valence electrons. The molecule has 2 aromatic carbocycles. The molecule has 0 amide bonds. The Labute approximate surface area is 116 Å². The van der Waals surface area contributed by atoms with E-state index >= 15 is 0 Å². The minimum atomic E-state index is 0.850. The van der Waals surface area contributed by atoms with Crippen LogP contribution in [0.5, 0.6) is 0 Å². The maximum Gasteiger partial charge on any atom is 0.0437 e. The molecule has 0 unspecified atom stereocenters. The fourth-order valence-electron chi connectivity index (χ4n) is 2.56. The van der Waals surface area contributed by atoms with Crippen molar-refractivity contribution in [1.82, 2.24) is 0 Å². The van der Waals surface area contributed by atoms with Gasteiger partial charge in [-0.05, 0) is 53.9 Å². The maximum absolute atomic E-state index is 5.84. The zero-order chi connectivity index (χ0) is 12.7. The monoisotopic (exact) mass is 302 g/mol. The predicted molar refractivity (Wildman–Crippen MR) is 79.6 cm³/mol. The van der Waals surface area contributed by atoms with Gasteiger partial charge in [-0.3, -0.25) is 0 Å². The number of aryl methyl sites for hydroxylation is 1. The van der Waals surface area contributed by atoms with Gasteiger partial charge >= 0.3 is 0 Å². The fraction of sp³-hybridized carbons (Fsp3) is 0.200.